The third kappa shape index (κ3) is 19.4. The van der Waals surface area contributed by atoms with E-state index in [1.54, 1.807) is 94.8 Å². The van der Waals surface area contributed by atoms with Gasteiger partial charge in [0.1, 0.15) is 24.7 Å². The standard InChI is InChI=1S/C58H94N10O12/c1-15-36(8)49(44(78-13)31-45(69)68-30-20-24-43(68)51(79-14)37(9)52(71)62-38(10)50(70)40-21-17-16-18-22-40)66(11)56(75)47(34(4)5)65-55(74)48(35(6)7)67(12)58(77)80-32-39-25-27-41(28-26-39)63-53(72)42(23-19-29-61-57(60)76)64-54(73)46(59)33(2)3/h16-18,21-22,25-28,33-38,42-44,46-51,70H,15,19-20,23-24,29-32,59H2,1-14H3,(H,62,71)(H,63,72)(H,64,73)(H,65,74)(H3,60,61,76)/t36-,37+,38+,42-,43-,44+,46-,47-,48-,49-,50+,51+/m1/s1. The number of nitrogens with one attached hydrogen (secondary N) is 5. The van der Waals surface area contributed by atoms with Crippen molar-refractivity contribution in [1.29, 1.82) is 0 Å². The van der Waals surface area contributed by atoms with Gasteiger partial charge in [0.2, 0.25) is 35.4 Å². The van der Waals surface area contributed by atoms with E-state index < -0.39 is 114 Å². The van der Waals surface area contributed by atoms with Crippen molar-refractivity contribution in [2.75, 3.05) is 46.7 Å². The first-order valence-corrected chi connectivity index (χ1v) is 28.0. The lowest BCUT2D eigenvalue weighted by atomic mass is 9.89. The number of urea groups is 1. The third-order valence-corrected chi connectivity index (χ3v) is 15.3. The van der Waals surface area contributed by atoms with Gasteiger partial charge in [-0.25, -0.2) is 9.59 Å². The van der Waals surface area contributed by atoms with Gasteiger partial charge in [-0.15, -0.1) is 0 Å². The molecule has 0 saturated carbocycles. The summed E-state index contributed by atoms with van der Waals surface area (Å²) >= 11 is 0. The number of carbonyl (C=O) groups excluding carboxylic acids is 8. The van der Waals surface area contributed by atoms with Crippen molar-refractivity contribution in [3.63, 3.8) is 0 Å². The number of primary amides is 1. The quantitative estimate of drug-likeness (QED) is 0.0485. The van der Waals surface area contributed by atoms with Gasteiger partial charge in [0.15, 0.2) is 0 Å². The van der Waals surface area contributed by atoms with Gasteiger partial charge in [-0.3, -0.25) is 33.7 Å². The summed E-state index contributed by atoms with van der Waals surface area (Å²) in [4.78, 5) is 112. The van der Waals surface area contributed by atoms with Crippen molar-refractivity contribution < 1.29 is 57.7 Å². The number of anilines is 1. The largest absolute Gasteiger partial charge is 0.445 e. The zero-order valence-corrected chi connectivity index (χ0v) is 49.7. The number of likely N-dealkylation sites (N-methyl/N-ethyl adjacent to an activating group) is 2. The van der Waals surface area contributed by atoms with E-state index in [1.807, 2.05) is 45.9 Å². The Morgan fingerprint density at radius 2 is 1.41 bits per heavy atom. The first kappa shape index (κ1) is 67.9. The average Bonchev–Trinajstić information content (AvgIpc) is 3.91. The summed E-state index contributed by atoms with van der Waals surface area (Å²) in [6.45, 7) is 18.7. The van der Waals surface area contributed by atoms with Crippen molar-refractivity contribution >= 4 is 53.3 Å². The molecule has 80 heavy (non-hydrogen) atoms. The fourth-order valence-corrected chi connectivity index (χ4v) is 10.2. The zero-order valence-electron chi connectivity index (χ0n) is 49.7. The number of benzene rings is 2. The lowest BCUT2D eigenvalue weighted by Crippen LogP contribution is -2.60. The summed E-state index contributed by atoms with van der Waals surface area (Å²) in [5.41, 5.74) is 12.8. The predicted octanol–water partition coefficient (Wildman–Crippen LogP) is 4.43. The second kappa shape index (κ2) is 32.8. The number of aliphatic hydroxyl groups excluding tert-OH is 1. The van der Waals surface area contributed by atoms with Crippen LogP contribution in [0.25, 0.3) is 0 Å². The Labute approximate surface area is 473 Å². The Morgan fingerprint density at radius 3 is 1.96 bits per heavy atom. The summed E-state index contributed by atoms with van der Waals surface area (Å²) < 4.78 is 17.7. The van der Waals surface area contributed by atoms with E-state index >= 15 is 0 Å². The van der Waals surface area contributed by atoms with Crippen LogP contribution in [0.2, 0.25) is 0 Å². The van der Waals surface area contributed by atoms with Crippen LogP contribution >= 0.6 is 0 Å². The van der Waals surface area contributed by atoms with E-state index in [4.69, 9.17) is 25.7 Å². The molecular formula is C58H94N10O12. The molecule has 0 radical (unpaired) electrons. The molecule has 1 saturated heterocycles. The van der Waals surface area contributed by atoms with Crippen LogP contribution in [0.4, 0.5) is 15.3 Å². The molecule has 3 rings (SSSR count). The molecule has 0 bridgehead atoms. The van der Waals surface area contributed by atoms with Crippen LogP contribution in [-0.4, -0.2) is 163 Å². The van der Waals surface area contributed by atoms with Gasteiger partial charge in [0.05, 0.1) is 54.8 Å². The molecule has 12 atom stereocenters. The van der Waals surface area contributed by atoms with Crippen LogP contribution in [0.1, 0.15) is 125 Å². The number of rotatable bonds is 31. The maximum absolute atomic E-state index is 14.7. The molecule has 1 heterocycles. The zero-order chi connectivity index (χ0) is 60.1. The van der Waals surface area contributed by atoms with E-state index in [0.717, 1.165) is 0 Å². The summed E-state index contributed by atoms with van der Waals surface area (Å²) in [5.74, 6) is -4.32. The number of hydrogen-bond acceptors (Lipinski definition) is 13. The number of hydrogen-bond donors (Lipinski definition) is 8. The van der Waals surface area contributed by atoms with Gasteiger partial charge >= 0.3 is 12.1 Å². The average molecular weight is 1120 g/mol. The van der Waals surface area contributed by atoms with Gasteiger partial charge in [-0.05, 0) is 79.5 Å². The smallest absolute Gasteiger partial charge is 0.410 e. The first-order valence-electron chi connectivity index (χ1n) is 28.0. The van der Waals surface area contributed by atoms with Crippen molar-refractivity contribution in [2.45, 2.75) is 175 Å². The van der Waals surface area contributed by atoms with E-state index in [2.05, 4.69) is 26.6 Å². The number of aliphatic hydroxyl groups is 1. The van der Waals surface area contributed by atoms with Gasteiger partial charge in [0.25, 0.3) is 0 Å². The van der Waals surface area contributed by atoms with E-state index in [9.17, 15) is 43.5 Å². The number of amides is 9. The predicted molar refractivity (Wildman–Crippen MR) is 305 cm³/mol. The Hall–Kier alpha value is -6.36. The number of nitrogens with two attached hydrogens (primary N) is 2. The van der Waals surface area contributed by atoms with E-state index in [1.165, 1.54) is 26.2 Å². The Kier molecular flexibility index (Phi) is 27.8. The molecule has 2 aromatic carbocycles. The minimum absolute atomic E-state index is 0.0747. The highest BCUT2D eigenvalue weighted by molar-refractivity contribution is 5.98. The number of carbonyl (C=O) groups is 8. The van der Waals surface area contributed by atoms with Crippen LogP contribution in [0, 0.1) is 29.6 Å². The highest BCUT2D eigenvalue weighted by atomic mass is 16.6. The van der Waals surface area contributed by atoms with Crippen LogP contribution in [0.15, 0.2) is 54.6 Å². The summed E-state index contributed by atoms with van der Waals surface area (Å²) in [6, 6.07) is 9.37. The molecule has 0 unspecified atom stereocenters. The van der Waals surface area contributed by atoms with Crippen molar-refractivity contribution in [2.24, 2.45) is 41.1 Å². The molecular weight excluding hydrogens is 1030 g/mol. The maximum atomic E-state index is 14.7. The molecule has 0 aromatic heterocycles. The van der Waals surface area contributed by atoms with Crippen LogP contribution < -0.4 is 38.1 Å². The fourth-order valence-electron chi connectivity index (χ4n) is 10.2. The van der Waals surface area contributed by atoms with Crippen molar-refractivity contribution in [3.8, 4) is 0 Å². The molecule has 1 aliphatic rings. The van der Waals surface area contributed by atoms with E-state index in [-0.39, 0.29) is 49.6 Å². The van der Waals surface area contributed by atoms with Crippen LogP contribution in [-0.2, 0) is 49.6 Å². The second-order valence-electron chi connectivity index (χ2n) is 22.3. The first-order chi connectivity index (χ1) is 37.7. The molecule has 0 spiro atoms. The topological polar surface area (TPSA) is 306 Å². The fraction of sp³-hybridized carbons (Fsp3) is 0.655. The monoisotopic (exact) mass is 1120 g/mol. The second-order valence-corrected chi connectivity index (χ2v) is 22.3. The minimum atomic E-state index is -1.05. The van der Waals surface area contributed by atoms with Crippen LogP contribution in [0.5, 0.6) is 0 Å². The molecule has 9 amide bonds. The lowest BCUT2D eigenvalue weighted by Gasteiger charge is -2.41. The number of nitrogens with zero attached hydrogens (tertiary/aromatic N) is 3. The van der Waals surface area contributed by atoms with E-state index in [0.29, 0.717) is 49.0 Å². The van der Waals surface area contributed by atoms with Gasteiger partial charge < -0.3 is 67.2 Å². The molecule has 2 aromatic rings. The maximum Gasteiger partial charge on any atom is 0.410 e. The molecule has 10 N–H and O–H groups in total. The summed E-state index contributed by atoms with van der Waals surface area (Å²) in [7, 11) is 6.12. The normalized spacial score (nSPS) is 17.6. The van der Waals surface area contributed by atoms with Crippen LogP contribution in [0.3, 0.4) is 0 Å². The van der Waals surface area contributed by atoms with Crippen molar-refractivity contribution in [1.82, 2.24) is 36.0 Å². The highest BCUT2D eigenvalue weighted by Crippen LogP contribution is 2.30. The molecule has 0 aliphatic carbocycles. The highest BCUT2D eigenvalue weighted by Gasteiger charge is 2.44. The molecule has 448 valence electrons. The van der Waals surface area contributed by atoms with Gasteiger partial charge in [0, 0.05) is 47.1 Å². The minimum Gasteiger partial charge on any atom is -0.445 e. The number of likely N-dealkylation sites (tertiary alicyclic amines) is 1. The SMILES string of the molecule is CC[C@@H](C)[C@H]([C@H](CC(=O)N1CCC[C@@H]1[C@@H](OC)[C@H](C)C(=O)N[C@@H](C)[C@H](O)c1ccccc1)OC)N(C)C(=O)[C@H](NC(=O)[C@@H](C(C)C)N(C)C(=O)OCc1ccc(NC(=O)[C@@H](CCCNC(N)=O)NC(=O)[C@H](N)C(C)C)cc1)C(C)C. The molecule has 1 fully saturated rings. The van der Waals surface area contributed by atoms with Crippen molar-refractivity contribution in [3.05, 3.63) is 65.7 Å². The summed E-state index contributed by atoms with van der Waals surface area (Å²) in [5, 5.41) is 24.8. The Bertz CT molecular complexity index is 2320. The Balaban J connectivity index is 1.70. The van der Waals surface area contributed by atoms with Gasteiger partial charge in [-0.2, -0.15) is 0 Å². The lowest BCUT2D eigenvalue weighted by molar-refractivity contribution is -0.148. The molecule has 1 aliphatic heterocycles. The Morgan fingerprint density at radius 1 is 0.775 bits per heavy atom. The molecule has 22 nitrogen and oxygen atoms in total. The summed E-state index contributed by atoms with van der Waals surface area (Å²) in [6.07, 6.45) is -0.736. The molecule has 22 heteroatoms. The third-order valence-electron chi connectivity index (χ3n) is 15.3. The number of ether oxygens (including phenoxy) is 3. The van der Waals surface area contributed by atoms with Gasteiger partial charge in [-0.1, -0.05) is 111 Å². The number of methoxy groups -OCH3 is 2.